The van der Waals surface area contributed by atoms with Crippen LogP contribution >= 0.6 is 0 Å². The first kappa shape index (κ1) is 19.8. The van der Waals surface area contributed by atoms with E-state index in [9.17, 15) is 18.0 Å². The minimum Gasteiger partial charge on any atom is -0.326 e. The standard InChI is InChI=1S/C19H27N3O4S/c1-2-13-27(25,26)21-11-3-5-15(14-21)19(24)20-16-7-9-17(10-8-16)22-12-4-6-18(22)23/h7-10,15H,2-6,11-14H2,1H3,(H,20,24). The molecule has 1 aromatic rings. The van der Waals surface area contributed by atoms with Gasteiger partial charge in [0.25, 0.3) is 0 Å². The second kappa shape index (κ2) is 8.39. The number of sulfonamides is 1. The van der Waals surface area contributed by atoms with Crippen molar-refractivity contribution in [3.63, 3.8) is 0 Å². The van der Waals surface area contributed by atoms with Gasteiger partial charge in [0.05, 0.1) is 11.7 Å². The van der Waals surface area contributed by atoms with Crippen LogP contribution in [0.1, 0.15) is 39.0 Å². The zero-order chi connectivity index (χ0) is 19.4. The largest absolute Gasteiger partial charge is 0.326 e. The van der Waals surface area contributed by atoms with Gasteiger partial charge in [0.2, 0.25) is 21.8 Å². The summed E-state index contributed by atoms with van der Waals surface area (Å²) in [4.78, 5) is 26.2. The summed E-state index contributed by atoms with van der Waals surface area (Å²) in [7, 11) is -3.28. The average molecular weight is 394 g/mol. The van der Waals surface area contributed by atoms with Crippen LogP contribution in [0.3, 0.4) is 0 Å². The molecule has 7 nitrogen and oxygen atoms in total. The third-order valence-electron chi connectivity index (χ3n) is 5.13. The molecule has 1 unspecified atom stereocenters. The molecule has 148 valence electrons. The van der Waals surface area contributed by atoms with Crippen molar-refractivity contribution >= 4 is 33.2 Å². The monoisotopic (exact) mass is 393 g/mol. The normalized spacial score (nSPS) is 21.4. The van der Waals surface area contributed by atoms with Crippen LogP contribution in [0.5, 0.6) is 0 Å². The van der Waals surface area contributed by atoms with Crippen molar-refractivity contribution in [2.24, 2.45) is 5.92 Å². The van der Waals surface area contributed by atoms with E-state index in [1.54, 1.807) is 17.0 Å². The summed E-state index contributed by atoms with van der Waals surface area (Å²) >= 11 is 0. The maximum absolute atomic E-state index is 12.6. The van der Waals surface area contributed by atoms with Gasteiger partial charge in [0.1, 0.15) is 0 Å². The maximum atomic E-state index is 12.6. The van der Waals surface area contributed by atoms with Crippen molar-refractivity contribution in [3.05, 3.63) is 24.3 Å². The lowest BCUT2D eigenvalue weighted by Crippen LogP contribution is -2.44. The smallest absolute Gasteiger partial charge is 0.228 e. The first-order valence-electron chi connectivity index (χ1n) is 9.60. The van der Waals surface area contributed by atoms with Crippen LogP contribution in [0.4, 0.5) is 11.4 Å². The number of amides is 2. The summed E-state index contributed by atoms with van der Waals surface area (Å²) in [5, 5.41) is 2.88. The molecule has 1 aromatic carbocycles. The number of carbonyl (C=O) groups excluding carboxylic acids is 2. The number of nitrogens with zero attached hydrogens (tertiary/aromatic N) is 2. The highest BCUT2D eigenvalue weighted by atomic mass is 32.2. The van der Waals surface area contributed by atoms with E-state index >= 15 is 0 Å². The van der Waals surface area contributed by atoms with Crippen molar-refractivity contribution in [1.82, 2.24) is 4.31 Å². The zero-order valence-electron chi connectivity index (χ0n) is 15.7. The Bertz CT molecular complexity index is 792. The van der Waals surface area contributed by atoms with E-state index in [1.807, 2.05) is 19.1 Å². The molecule has 0 bridgehead atoms. The van der Waals surface area contributed by atoms with Crippen LogP contribution in [0.25, 0.3) is 0 Å². The molecule has 27 heavy (non-hydrogen) atoms. The SMILES string of the molecule is CCCS(=O)(=O)N1CCCC(C(=O)Nc2ccc(N3CCCC3=O)cc2)C1. The van der Waals surface area contributed by atoms with Gasteiger partial charge in [-0.25, -0.2) is 12.7 Å². The lowest BCUT2D eigenvalue weighted by Gasteiger charge is -2.31. The summed E-state index contributed by atoms with van der Waals surface area (Å²) in [5.74, 6) is -0.248. The molecule has 0 spiro atoms. The van der Waals surface area contributed by atoms with Gasteiger partial charge >= 0.3 is 0 Å². The number of hydrogen-bond acceptors (Lipinski definition) is 4. The van der Waals surface area contributed by atoms with Crippen LogP contribution in [0.15, 0.2) is 24.3 Å². The van der Waals surface area contributed by atoms with Gasteiger partial charge < -0.3 is 10.2 Å². The molecule has 1 atom stereocenters. The molecule has 3 rings (SSSR count). The van der Waals surface area contributed by atoms with E-state index in [-0.39, 0.29) is 30.0 Å². The van der Waals surface area contributed by atoms with Crippen molar-refractivity contribution in [2.75, 3.05) is 35.6 Å². The first-order chi connectivity index (χ1) is 12.9. The van der Waals surface area contributed by atoms with Gasteiger partial charge in [-0.1, -0.05) is 6.92 Å². The minimum atomic E-state index is -3.28. The van der Waals surface area contributed by atoms with Crippen molar-refractivity contribution in [1.29, 1.82) is 0 Å². The predicted molar refractivity (Wildman–Crippen MR) is 105 cm³/mol. The van der Waals surface area contributed by atoms with E-state index < -0.39 is 10.0 Å². The van der Waals surface area contributed by atoms with Crippen LogP contribution < -0.4 is 10.2 Å². The molecule has 1 N–H and O–H groups in total. The Hall–Kier alpha value is -1.93. The van der Waals surface area contributed by atoms with Crippen LogP contribution in [-0.4, -0.2) is 49.9 Å². The molecule has 2 fully saturated rings. The Morgan fingerprint density at radius 3 is 2.56 bits per heavy atom. The topological polar surface area (TPSA) is 86.8 Å². The molecule has 2 aliphatic rings. The van der Waals surface area contributed by atoms with Crippen molar-refractivity contribution in [2.45, 2.75) is 39.0 Å². The van der Waals surface area contributed by atoms with E-state index in [1.165, 1.54) is 4.31 Å². The fourth-order valence-electron chi connectivity index (χ4n) is 3.69. The fourth-order valence-corrected chi connectivity index (χ4v) is 5.27. The van der Waals surface area contributed by atoms with Crippen molar-refractivity contribution < 1.29 is 18.0 Å². The molecular weight excluding hydrogens is 366 g/mol. The van der Waals surface area contributed by atoms with Gasteiger partial charge in [-0.3, -0.25) is 9.59 Å². The number of hydrogen-bond donors (Lipinski definition) is 1. The Kier molecular flexibility index (Phi) is 6.16. The highest BCUT2D eigenvalue weighted by Crippen LogP contribution is 2.25. The Balaban J connectivity index is 1.60. The first-order valence-corrected chi connectivity index (χ1v) is 11.2. The van der Waals surface area contributed by atoms with Gasteiger partial charge in [0.15, 0.2) is 0 Å². The van der Waals surface area contributed by atoms with Gasteiger partial charge in [-0.05, 0) is 49.9 Å². The third kappa shape index (κ3) is 4.68. The molecule has 0 radical (unpaired) electrons. The molecule has 2 aliphatic heterocycles. The quantitative estimate of drug-likeness (QED) is 0.803. The Morgan fingerprint density at radius 2 is 1.93 bits per heavy atom. The van der Waals surface area contributed by atoms with E-state index in [2.05, 4.69) is 5.32 Å². The molecule has 2 amide bonds. The summed E-state index contributed by atoms with van der Waals surface area (Å²) in [6, 6.07) is 7.23. The summed E-state index contributed by atoms with van der Waals surface area (Å²) in [5.41, 5.74) is 1.49. The third-order valence-corrected chi connectivity index (χ3v) is 7.17. The highest BCUT2D eigenvalue weighted by Gasteiger charge is 2.32. The zero-order valence-corrected chi connectivity index (χ0v) is 16.5. The van der Waals surface area contributed by atoms with Crippen molar-refractivity contribution in [3.8, 4) is 0 Å². The number of anilines is 2. The number of rotatable bonds is 6. The van der Waals surface area contributed by atoms with Gasteiger partial charge in [0, 0.05) is 37.4 Å². The lowest BCUT2D eigenvalue weighted by atomic mass is 9.98. The Morgan fingerprint density at radius 1 is 1.19 bits per heavy atom. The number of benzene rings is 1. The van der Waals surface area contributed by atoms with Crippen LogP contribution in [-0.2, 0) is 19.6 Å². The molecule has 8 heteroatoms. The second-order valence-corrected chi connectivity index (χ2v) is 9.29. The maximum Gasteiger partial charge on any atom is 0.228 e. The van der Waals surface area contributed by atoms with Crippen LogP contribution in [0.2, 0.25) is 0 Å². The number of piperidine rings is 1. The second-order valence-electron chi connectivity index (χ2n) is 7.20. The molecule has 2 heterocycles. The molecule has 0 saturated carbocycles. The lowest BCUT2D eigenvalue weighted by molar-refractivity contribution is -0.121. The van der Waals surface area contributed by atoms with E-state index in [0.717, 1.165) is 18.7 Å². The Labute approximate surface area is 160 Å². The number of carbonyl (C=O) groups is 2. The van der Waals surface area contributed by atoms with E-state index in [4.69, 9.17) is 0 Å². The average Bonchev–Trinajstić information content (AvgIpc) is 3.08. The molecule has 2 saturated heterocycles. The van der Waals surface area contributed by atoms with Crippen LogP contribution in [0, 0.1) is 5.92 Å². The van der Waals surface area contributed by atoms with E-state index in [0.29, 0.717) is 37.9 Å². The highest BCUT2D eigenvalue weighted by molar-refractivity contribution is 7.89. The molecule has 0 aromatic heterocycles. The number of nitrogens with one attached hydrogen (secondary N) is 1. The molecule has 0 aliphatic carbocycles. The fraction of sp³-hybridized carbons (Fsp3) is 0.579. The van der Waals surface area contributed by atoms with Gasteiger partial charge in [-0.15, -0.1) is 0 Å². The van der Waals surface area contributed by atoms with Gasteiger partial charge in [-0.2, -0.15) is 0 Å². The summed E-state index contributed by atoms with van der Waals surface area (Å²) < 4.78 is 26.0. The molecular formula is C19H27N3O4S. The minimum absolute atomic E-state index is 0.123. The predicted octanol–water partition coefficient (Wildman–Crippen LogP) is 2.20. The summed E-state index contributed by atoms with van der Waals surface area (Å²) in [6.07, 6.45) is 3.40. The summed E-state index contributed by atoms with van der Waals surface area (Å²) in [6.45, 7) is 3.30.